The Labute approximate surface area is 118 Å². The fourth-order valence-corrected chi connectivity index (χ4v) is 3.56. The minimum absolute atomic E-state index is 0.327. The highest BCUT2D eigenvalue weighted by Gasteiger charge is 2.36. The van der Waals surface area contributed by atoms with Gasteiger partial charge in [0.05, 0.1) is 0 Å². The monoisotopic (exact) mass is 285 g/mol. The third-order valence-electron chi connectivity index (χ3n) is 3.69. The van der Waals surface area contributed by atoms with E-state index in [0.717, 1.165) is 17.9 Å². The molecule has 3 nitrogen and oxygen atoms in total. The summed E-state index contributed by atoms with van der Waals surface area (Å²) in [5.74, 6) is 1.22. The van der Waals surface area contributed by atoms with Crippen LogP contribution in [0.15, 0.2) is 6.33 Å². The molecule has 1 N–H and O–H groups in total. The summed E-state index contributed by atoms with van der Waals surface area (Å²) in [5, 5.41) is 4.04. The summed E-state index contributed by atoms with van der Waals surface area (Å²) in [6.07, 6.45) is 7.64. The van der Waals surface area contributed by atoms with Crippen molar-refractivity contribution >= 4 is 29.2 Å². The molecule has 0 radical (unpaired) electrons. The van der Waals surface area contributed by atoms with Crippen LogP contribution in [0.5, 0.6) is 0 Å². The summed E-state index contributed by atoms with van der Waals surface area (Å²) in [5.41, 5.74) is 1.02. The van der Waals surface area contributed by atoms with Crippen molar-refractivity contribution < 1.29 is 0 Å². The summed E-state index contributed by atoms with van der Waals surface area (Å²) < 4.78 is 0.395. The van der Waals surface area contributed by atoms with Crippen LogP contribution < -0.4 is 5.32 Å². The van der Waals surface area contributed by atoms with E-state index in [1.807, 2.05) is 11.8 Å². The van der Waals surface area contributed by atoms with Gasteiger partial charge >= 0.3 is 0 Å². The lowest BCUT2D eigenvalue weighted by atomic mass is 9.84. The van der Waals surface area contributed by atoms with Gasteiger partial charge in [-0.05, 0) is 25.0 Å². The maximum Gasteiger partial charge on any atom is 0.138 e. The Kier molecular flexibility index (Phi) is 4.38. The molecule has 1 aliphatic rings. The van der Waals surface area contributed by atoms with Crippen LogP contribution in [0.25, 0.3) is 0 Å². The molecule has 0 aliphatic heterocycles. The summed E-state index contributed by atoms with van der Waals surface area (Å²) >= 11 is 8.12. The first-order chi connectivity index (χ1) is 8.58. The predicted octanol–water partition coefficient (Wildman–Crippen LogP) is 3.95. The Balaban J connectivity index is 2.11. The van der Waals surface area contributed by atoms with Crippen LogP contribution in [0.1, 0.15) is 44.6 Å². The van der Waals surface area contributed by atoms with Gasteiger partial charge in [-0.1, -0.05) is 31.9 Å². The van der Waals surface area contributed by atoms with Crippen molar-refractivity contribution in [2.24, 2.45) is 0 Å². The van der Waals surface area contributed by atoms with Gasteiger partial charge in [-0.2, -0.15) is 11.8 Å². The first kappa shape index (κ1) is 13.9. The molecule has 2 rings (SSSR count). The van der Waals surface area contributed by atoms with Crippen molar-refractivity contribution in [1.29, 1.82) is 0 Å². The molecule has 1 aromatic heterocycles. The number of hydrogen-bond acceptors (Lipinski definition) is 4. The molecule has 1 heterocycles. The summed E-state index contributed by atoms with van der Waals surface area (Å²) in [6.45, 7) is 5.19. The van der Waals surface area contributed by atoms with E-state index in [9.17, 15) is 0 Å². The van der Waals surface area contributed by atoms with Crippen molar-refractivity contribution in [2.45, 2.75) is 43.8 Å². The SMILES string of the molecule is CSC1(CNc2ncnc(Cl)c2C(C)C)CCC1. The second-order valence-electron chi connectivity index (χ2n) is 5.18. The second-order valence-corrected chi connectivity index (χ2v) is 6.81. The lowest BCUT2D eigenvalue weighted by Gasteiger charge is -2.40. The van der Waals surface area contributed by atoms with Gasteiger partial charge in [0.2, 0.25) is 0 Å². The molecule has 5 heteroatoms. The smallest absolute Gasteiger partial charge is 0.138 e. The van der Waals surface area contributed by atoms with Gasteiger partial charge in [0, 0.05) is 16.9 Å². The van der Waals surface area contributed by atoms with E-state index in [4.69, 9.17) is 11.6 Å². The zero-order chi connectivity index (χ0) is 13.2. The molecule has 18 heavy (non-hydrogen) atoms. The van der Waals surface area contributed by atoms with E-state index in [2.05, 4.69) is 35.4 Å². The third-order valence-corrected chi connectivity index (χ3v) is 5.41. The van der Waals surface area contributed by atoms with Gasteiger partial charge in [0.15, 0.2) is 0 Å². The van der Waals surface area contributed by atoms with Crippen LogP contribution in [0.2, 0.25) is 5.15 Å². The minimum atomic E-state index is 0.327. The second kappa shape index (κ2) is 5.66. The molecule has 100 valence electrons. The van der Waals surface area contributed by atoms with E-state index in [1.165, 1.54) is 25.6 Å². The molecule has 0 spiro atoms. The van der Waals surface area contributed by atoms with Crippen molar-refractivity contribution in [3.8, 4) is 0 Å². The predicted molar refractivity (Wildman–Crippen MR) is 79.7 cm³/mol. The normalized spacial score (nSPS) is 17.6. The number of hydrogen-bond donors (Lipinski definition) is 1. The van der Waals surface area contributed by atoms with Gasteiger partial charge in [0.1, 0.15) is 17.3 Å². The average Bonchev–Trinajstić information content (AvgIpc) is 2.27. The Bertz CT molecular complexity index is 413. The molecule has 1 saturated carbocycles. The van der Waals surface area contributed by atoms with Gasteiger partial charge in [0.25, 0.3) is 0 Å². The molecule has 1 aromatic rings. The standard InChI is InChI=1S/C13H20ClN3S/c1-9(2)10-11(14)16-8-17-12(10)15-7-13(18-3)5-4-6-13/h8-9H,4-7H2,1-3H3,(H,15,16,17). The van der Waals surface area contributed by atoms with E-state index >= 15 is 0 Å². The molecule has 1 fully saturated rings. The highest BCUT2D eigenvalue weighted by molar-refractivity contribution is 8.00. The zero-order valence-corrected chi connectivity index (χ0v) is 12.7. The first-order valence-corrected chi connectivity index (χ1v) is 7.98. The number of nitrogens with zero attached hydrogens (tertiary/aromatic N) is 2. The molecule has 0 amide bonds. The Morgan fingerprint density at radius 3 is 2.67 bits per heavy atom. The largest absolute Gasteiger partial charge is 0.368 e. The quantitative estimate of drug-likeness (QED) is 0.831. The van der Waals surface area contributed by atoms with E-state index < -0.39 is 0 Å². The molecule has 1 aliphatic carbocycles. The maximum atomic E-state index is 6.16. The Morgan fingerprint density at radius 1 is 1.44 bits per heavy atom. The number of halogens is 1. The van der Waals surface area contributed by atoms with Gasteiger partial charge in [-0.25, -0.2) is 9.97 Å². The molecule has 0 unspecified atom stereocenters. The van der Waals surface area contributed by atoms with E-state index in [-0.39, 0.29) is 0 Å². The van der Waals surface area contributed by atoms with Crippen LogP contribution in [-0.2, 0) is 0 Å². The zero-order valence-electron chi connectivity index (χ0n) is 11.2. The highest BCUT2D eigenvalue weighted by atomic mass is 35.5. The van der Waals surface area contributed by atoms with Gasteiger partial charge in [-0.15, -0.1) is 0 Å². The summed E-state index contributed by atoms with van der Waals surface area (Å²) in [7, 11) is 0. The van der Waals surface area contributed by atoms with Gasteiger partial charge in [-0.3, -0.25) is 0 Å². The van der Waals surface area contributed by atoms with Crippen molar-refractivity contribution in [1.82, 2.24) is 9.97 Å². The fourth-order valence-electron chi connectivity index (χ4n) is 2.30. The topological polar surface area (TPSA) is 37.8 Å². The summed E-state index contributed by atoms with van der Waals surface area (Å²) in [4.78, 5) is 8.41. The number of aromatic nitrogens is 2. The van der Waals surface area contributed by atoms with Crippen LogP contribution >= 0.6 is 23.4 Å². The van der Waals surface area contributed by atoms with Crippen molar-refractivity contribution in [2.75, 3.05) is 18.1 Å². The van der Waals surface area contributed by atoms with Crippen molar-refractivity contribution in [3.05, 3.63) is 17.0 Å². The van der Waals surface area contributed by atoms with Crippen LogP contribution in [0.3, 0.4) is 0 Å². The number of thioether (sulfide) groups is 1. The Hall–Kier alpha value is -0.480. The Morgan fingerprint density at radius 2 is 2.17 bits per heavy atom. The van der Waals surface area contributed by atoms with Crippen molar-refractivity contribution in [3.63, 3.8) is 0 Å². The minimum Gasteiger partial charge on any atom is -0.368 e. The first-order valence-electron chi connectivity index (χ1n) is 6.37. The van der Waals surface area contributed by atoms with E-state index in [0.29, 0.717) is 15.8 Å². The fraction of sp³-hybridized carbons (Fsp3) is 0.692. The molecule has 0 saturated heterocycles. The lowest BCUT2D eigenvalue weighted by Crippen LogP contribution is -2.40. The van der Waals surface area contributed by atoms with Crippen LogP contribution in [0, 0.1) is 0 Å². The molecule has 0 atom stereocenters. The van der Waals surface area contributed by atoms with E-state index in [1.54, 1.807) is 0 Å². The third kappa shape index (κ3) is 2.75. The lowest BCUT2D eigenvalue weighted by molar-refractivity contribution is 0.379. The number of nitrogens with one attached hydrogen (secondary N) is 1. The molecule has 0 bridgehead atoms. The number of rotatable bonds is 5. The average molecular weight is 286 g/mol. The summed E-state index contributed by atoms with van der Waals surface area (Å²) in [6, 6.07) is 0. The molecular weight excluding hydrogens is 266 g/mol. The number of anilines is 1. The van der Waals surface area contributed by atoms with Gasteiger partial charge < -0.3 is 5.32 Å². The molecule has 0 aromatic carbocycles. The molecular formula is C13H20ClN3S. The van der Waals surface area contributed by atoms with Crippen LogP contribution in [0.4, 0.5) is 5.82 Å². The van der Waals surface area contributed by atoms with Crippen LogP contribution in [-0.4, -0.2) is 27.5 Å². The maximum absolute atomic E-state index is 6.16. The highest BCUT2D eigenvalue weighted by Crippen LogP contribution is 2.43.